The topological polar surface area (TPSA) is 97.8 Å². The minimum absolute atomic E-state index is 0.00563. The van der Waals surface area contributed by atoms with Crippen molar-refractivity contribution in [3.8, 4) is 0 Å². The third kappa shape index (κ3) is 4.94. The minimum Gasteiger partial charge on any atom is -0.464 e. The molecule has 1 aliphatic heterocycles. The third-order valence-corrected chi connectivity index (χ3v) is 3.32. The Morgan fingerprint density at radius 2 is 2.30 bits per heavy atom. The second-order valence-electron chi connectivity index (χ2n) is 4.99. The first-order chi connectivity index (χ1) is 11.1. The maximum Gasteiger partial charge on any atom is 0.410 e. The van der Waals surface area contributed by atoms with Crippen LogP contribution in [0.2, 0.25) is 0 Å². The van der Waals surface area contributed by atoms with E-state index in [0.717, 1.165) is 5.69 Å². The molecular weight excluding hydrogens is 302 g/mol. The van der Waals surface area contributed by atoms with Crippen molar-refractivity contribution in [1.29, 1.82) is 0 Å². The van der Waals surface area contributed by atoms with E-state index in [1.54, 1.807) is 6.20 Å². The number of carbonyl (C=O) groups excluding carboxylic acids is 3. The predicted molar refractivity (Wildman–Crippen MR) is 79.4 cm³/mol. The molecule has 23 heavy (non-hydrogen) atoms. The summed E-state index contributed by atoms with van der Waals surface area (Å²) in [6.45, 7) is 1.84. The van der Waals surface area contributed by atoms with Crippen molar-refractivity contribution in [3.63, 3.8) is 0 Å². The molecule has 1 atom stereocenters. The molecule has 0 bridgehead atoms. The Morgan fingerprint density at radius 3 is 3.00 bits per heavy atom. The van der Waals surface area contributed by atoms with Gasteiger partial charge < -0.3 is 14.8 Å². The minimum atomic E-state index is -0.707. The summed E-state index contributed by atoms with van der Waals surface area (Å²) in [5.74, 6) is -0.733. The lowest BCUT2D eigenvalue weighted by atomic mass is 10.2. The number of nitrogens with one attached hydrogen (secondary N) is 1. The summed E-state index contributed by atoms with van der Waals surface area (Å²) in [7, 11) is 0. The molecule has 8 heteroatoms. The molecule has 124 valence electrons. The Hall–Kier alpha value is -2.64. The van der Waals surface area contributed by atoms with Gasteiger partial charge in [0.05, 0.1) is 6.54 Å². The molecule has 2 heterocycles. The summed E-state index contributed by atoms with van der Waals surface area (Å²) in [6, 6.07) is 4.87. The van der Waals surface area contributed by atoms with Crippen molar-refractivity contribution in [1.82, 2.24) is 15.2 Å². The second kappa shape index (κ2) is 8.11. The number of pyridine rings is 1. The Balaban J connectivity index is 1.79. The molecule has 1 aliphatic rings. The van der Waals surface area contributed by atoms with E-state index in [1.807, 2.05) is 18.2 Å². The molecule has 1 fully saturated rings. The van der Waals surface area contributed by atoms with Crippen LogP contribution in [0.5, 0.6) is 0 Å². The van der Waals surface area contributed by atoms with Gasteiger partial charge in [-0.05, 0) is 12.1 Å². The summed E-state index contributed by atoms with van der Waals surface area (Å²) in [4.78, 5) is 40.0. The fourth-order valence-corrected chi connectivity index (χ4v) is 2.18. The van der Waals surface area contributed by atoms with Crippen LogP contribution in [0, 0.1) is 0 Å². The van der Waals surface area contributed by atoms with Crippen LogP contribution in [0.15, 0.2) is 24.4 Å². The van der Waals surface area contributed by atoms with E-state index in [9.17, 15) is 14.4 Å². The smallest absolute Gasteiger partial charge is 0.410 e. The van der Waals surface area contributed by atoms with Crippen LogP contribution in [-0.2, 0) is 25.5 Å². The molecule has 1 N–H and O–H groups in total. The molecule has 2 rings (SSSR count). The first kappa shape index (κ1) is 16.7. The van der Waals surface area contributed by atoms with E-state index in [4.69, 9.17) is 9.47 Å². The van der Waals surface area contributed by atoms with Gasteiger partial charge >= 0.3 is 12.1 Å². The second-order valence-corrected chi connectivity index (χ2v) is 4.99. The average molecular weight is 321 g/mol. The predicted octanol–water partition coefficient (Wildman–Crippen LogP) is 0.124. The molecule has 0 spiro atoms. The molecule has 0 saturated carbocycles. The fraction of sp³-hybridized carbons (Fsp3) is 0.467. The summed E-state index contributed by atoms with van der Waals surface area (Å²) < 4.78 is 9.69. The van der Waals surface area contributed by atoms with E-state index in [0.29, 0.717) is 13.0 Å². The number of esters is 1. The molecule has 0 radical (unpaired) electrons. The highest BCUT2D eigenvalue weighted by Gasteiger charge is 2.37. The first-order valence-electron chi connectivity index (χ1n) is 7.32. The Morgan fingerprint density at radius 1 is 1.48 bits per heavy atom. The number of amides is 2. The maximum atomic E-state index is 12.2. The Kier molecular flexibility index (Phi) is 5.90. The van der Waals surface area contributed by atoms with Crippen LogP contribution in [0.25, 0.3) is 0 Å². The first-order valence-corrected chi connectivity index (χ1v) is 7.32. The third-order valence-electron chi connectivity index (χ3n) is 3.32. The fourth-order valence-electron chi connectivity index (χ4n) is 2.18. The Labute approximate surface area is 133 Å². The van der Waals surface area contributed by atoms with Gasteiger partial charge in [0.2, 0.25) is 5.91 Å². The van der Waals surface area contributed by atoms with E-state index in [-0.39, 0.29) is 25.7 Å². The molecule has 0 aromatic carbocycles. The summed E-state index contributed by atoms with van der Waals surface area (Å²) in [5, 5.41) is 2.76. The highest BCUT2D eigenvalue weighted by Crippen LogP contribution is 2.12. The van der Waals surface area contributed by atoms with Crippen molar-refractivity contribution in [2.24, 2.45) is 0 Å². The van der Waals surface area contributed by atoms with Gasteiger partial charge in [-0.25, -0.2) is 4.79 Å². The number of rotatable bonds is 7. The normalized spacial score (nSPS) is 16.8. The summed E-state index contributed by atoms with van der Waals surface area (Å²) >= 11 is 0. The van der Waals surface area contributed by atoms with Gasteiger partial charge in [-0.2, -0.15) is 0 Å². The number of cyclic esters (lactones) is 1. The van der Waals surface area contributed by atoms with Gasteiger partial charge in [0.1, 0.15) is 19.3 Å². The van der Waals surface area contributed by atoms with Crippen molar-refractivity contribution in [3.05, 3.63) is 30.1 Å². The average Bonchev–Trinajstić information content (AvgIpc) is 2.89. The van der Waals surface area contributed by atoms with Crippen molar-refractivity contribution >= 4 is 18.0 Å². The Bertz CT molecular complexity index is 563. The molecule has 0 aliphatic carbocycles. The lowest BCUT2D eigenvalue weighted by Crippen LogP contribution is -2.47. The van der Waals surface area contributed by atoms with Crippen molar-refractivity contribution in [2.75, 3.05) is 26.3 Å². The maximum absolute atomic E-state index is 12.2. The van der Waals surface area contributed by atoms with Crippen LogP contribution in [0.3, 0.4) is 0 Å². The van der Waals surface area contributed by atoms with Crippen LogP contribution < -0.4 is 5.32 Å². The zero-order valence-electron chi connectivity index (χ0n) is 12.9. The molecule has 1 aromatic heterocycles. The largest absolute Gasteiger partial charge is 0.464 e. The van der Waals surface area contributed by atoms with Crippen molar-refractivity contribution < 1.29 is 23.9 Å². The van der Waals surface area contributed by atoms with E-state index in [1.165, 1.54) is 11.8 Å². The quantitative estimate of drug-likeness (QED) is 0.717. The number of nitrogens with zero attached hydrogens (tertiary/aromatic N) is 2. The van der Waals surface area contributed by atoms with Gasteiger partial charge in [-0.3, -0.25) is 19.5 Å². The highest BCUT2D eigenvalue weighted by molar-refractivity contribution is 5.87. The monoisotopic (exact) mass is 321 g/mol. The molecule has 0 unspecified atom stereocenters. The van der Waals surface area contributed by atoms with Crippen molar-refractivity contribution in [2.45, 2.75) is 19.4 Å². The van der Waals surface area contributed by atoms with Gasteiger partial charge in [0, 0.05) is 31.8 Å². The zero-order valence-corrected chi connectivity index (χ0v) is 12.9. The van der Waals surface area contributed by atoms with Gasteiger partial charge in [-0.1, -0.05) is 6.07 Å². The van der Waals surface area contributed by atoms with E-state index < -0.39 is 18.1 Å². The number of carbonyl (C=O) groups is 3. The number of hydrogen-bond donors (Lipinski definition) is 1. The summed E-state index contributed by atoms with van der Waals surface area (Å²) in [6.07, 6.45) is 1.71. The number of ether oxygens (including phenoxy) is 2. The molecule has 8 nitrogen and oxygen atoms in total. The molecular formula is C15H19N3O5. The van der Waals surface area contributed by atoms with E-state index in [2.05, 4.69) is 10.3 Å². The van der Waals surface area contributed by atoms with Gasteiger partial charge in [0.25, 0.3) is 0 Å². The van der Waals surface area contributed by atoms with Gasteiger partial charge in [-0.15, -0.1) is 0 Å². The molecule has 2 amide bonds. The lowest BCUT2D eigenvalue weighted by molar-refractivity contribution is -0.141. The van der Waals surface area contributed by atoms with Crippen LogP contribution in [0.1, 0.15) is 12.6 Å². The zero-order chi connectivity index (χ0) is 16.7. The number of hydrogen-bond acceptors (Lipinski definition) is 6. The lowest BCUT2D eigenvalue weighted by Gasteiger charge is -2.20. The SMILES string of the molecule is CC(=O)OCCN1C(=O)OC[C@H]1C(=O)NCCc1ccccn1. The summed E-state index contributed by atoms with van der Waals surface area (Å²) in [5.41, 5.74) is 0.873. The van der Waals surface area contributed by atoms with Gasteiger partial charge in [0.15, 0.2) is 0 Å². The standard InChI is InChI=1S/C15H19N3O5/c1-11(19)22-9-8-18-13(10-23-15(18)21)14(20)17-7-5-12-4-2-3-6-16-12/h2-4,6,13H,5,7-10H2,1H3,(H,17,20)/t13-/m0/s1. The molecule has 1 saturated heterocycles. The van der Waals surface area contributed by atoms with Crippen LogP contribution >= 0.6 is 0 Å². The van der Waals surface area contributed by atoms with Crippen LogP contribution in [0.4, 0.5) is 4.79 Å². The number of aromatic nitrogens is 1. The van der Waals surface area contributed by atoms with E-state index >= 15 is 0 Å². The van der Waals surface area contributed by atoms with Crippen LogP contribution in [-0.4, -0.2) is 60.2 Å². The highest BCUT2D eigenvalue weighted by atomic mass is 16.6. The molecule has 1 aromatic rings.